The average molecular weight is 389 g/mol. The Bertz CT molecular complexity index is 761. The second kappa shape index (κ2) is 7.05. The third kappa shape index (κ3) is 3.43. The number of rotatable bonds is 4. The standard InChI is InChI=1S/C18H17BrN2O3/c1-24-16-5-3-2-4-15(16)20-18(23)12-10-17(22)21(11-12)14-8-6-13(19)7-9-14/h2-9,12H,10-11H2,1H3,(H,20,23)/t12-/m0/s1. The zero-order valence-electron chi connectivity index (χ0n) is 13.2. The third-order valence-corrected chi connectivity index (χ3v) is 4.53. The van der Waals surface area contributed by atoms with Gasteiger partial charge >= 0.3 is 0 Å². The Balaban J connectivity index is 1.71. The summed E-state index contributed by atoms with van der Waals surface area (Å²) in [6, 6.07) is 14.7. The molecular weight excluding hydrogens is 372 g/mol. The van der Waals surface area contributed by atoms with Crippen LogP contribution in [0.5, 0.6) is 5.75 Å². The summed E-state index contributed by atoms with van der Waals surface area (Å²) < 4.78 is 6.18. The second-order valence-electron chi connectivity index (χ2n) is 5.57. The molecule has 0 saturated carbocycles. The van der Waals surface area contributed by atoms with Gasteiger partial charge in [-0.15, -0.1) is 0 Å². The SMILES string of the molecule is COc1ccccc1NC(=O)[C@H]1CC(=O)N(c2ccc(Br)cc2)C1. The molecule has 1 aliphatic rings. The highest BCUT2D eigenvalue weighted by atomic mass is 79.9. The van der Waals surface area contributed by atoms with Crippen molar-refractivity contribution < 1.29 is 14.3 Å². The van der Waals surface area contributed by atoms with Gasteiger partial charge in [-0.25, -0.2) is 0 Å². The van der Waals surface area contributed by atoms with Gasteiger partial charge in [-0.05, 0) is 36.4 Å². The minimum absolute atomic E-state index is 0.0440. The number of para-hydroxylation sites is 2. The fourth-order valence-corrected chi connectivity index (χ4v) is 3.00. The molecule has 0 radical (unpaired) electrons. The van der Waals surface area contributed by atoms with Gasteiger partial charge in [0.2, 0.25) is 11.8 Å². The first-order valence-corrected chi connectivity index (χ1v) is 8.37. The number of halogens is 1. The number of carbonyl (C=O) groups excluding carboxylic acids is 2. The molecule has 1 aliphatic heterocycles. The van der Waals surface area contributed by atoms with Gasteiger partial charge in [-0.2, -0.15) is 0 Å². The van der Waals surface area contributed by atoms with E-state index in [1.54, 1.807) is 24.1 Å². The van der Waals surface area contributed by atoms with Crippen LogP contribution in [-0.4, -0.2) is 25.5 Å². The maximum Gasteiger partial charge on any atom is 0.229 e. The van der Waals surface area contributed by atoms with Crippen molar-refractivity contribution in [3.8, 4) is 5.75 Å². The van der Waals surface area contributed by atoms with E-state index in [0.717, 1.165) is 10.2 Å². The van der Waals surface area contributed by atoms with Crippen LogP contribution in [0.15, 0.2) is 53.0 Å². The highest BCUT2D eigenvalue weighted by Gasteiger charge is 2.35. The lowest BCUT2D eigenvalue weighted by molar-refractivity contribution is -0.122. The molecule has 2 aromatic carbocycles. The average Bonchev–Trinajstić information content (AvgIpc) is 2.98. The normalized spacial score (nSPS) is 17.0. The molecule has 0 bridgehead atoms. The number of anilines is 2. The van der Waals surface area contributed by atoms with Crippen molar-refractivity contribution in [3.05, 3.63) is 53.0 Å². The number of hydrogen-bond donors (Lipinski definition) is 1. The Morgan fingerprint density at radius 2 is 1.92 bits per heavy atom. The van der Waals surface area contributed by atoms with Crippen molar-refractivity contribution >= 4 is 39.1 Å². The molecule has 124 valence electrons. The Labute approximate surface area is 148 Å². The summed E-state index contributed by atoms with van der Waals surface area (Å²) in [5, 5.41) is 2.85. The molecule has 1 fully saturated rings. The molecule has 5 nitrogen and oxygen atoms in total. The van der Waals surface area contributed by atoms with Gasteiger partial charge in [-0.3, -0.25) is 9.59 Å². The molecule has 2 amide bonds. The summed E-state index contributed by atoms with van der Waals surface area (Å²) >= 11 is 3.38. The van der Waals surface area contributed by atoms with Crippen LogP contribution in [0.2, 0.25) is 0 Å². The van der Waals surface area contributed by atoms with Crippen LogP contribution in [0.3, 0.4) is 0 Å². The number of ether oxygens (including phenoxy) is 1. The number of carbonyl (C=O) groups is 2. The second-order valence-corrected chi connectivity index (χ2v) is 6.49. The van der Waals surface area contributed by atoms with Gasteiger partial charge in [0.05, 0.1) is 18.7 Å². The molecular formula is C18H17BrN2O3. The molecule has 3 rings (SSSR count). The first-order chi connectivity index (χ1) is 11.6. The Morgan fingerprint density at radius 1 is 1.21 bits per heavy atom. The lowest BCUT2D eigenvalue weighted by Crippen LogP contribution is -2.28. The number of hydrogen-bond acceptors (Lipinski definition) is 3. The van der Waals surface area contributed by atoms with Gasteiger partial charge < -0.3 is 15.0 Å². The predicted octanol–water partition coefficient (Wildman–Crippen LogP) is 3.45. The Morgan fingerprint density at radius 3 is 2.62 bits per heavy atom. The van der Waals surface area contributed by atoms with Crippen molar-refractivity contribution in [1.29, 1.82) is 0 Å². The highest BCUT2D eigenvalue weighted by Crippen LogP contribution is 2.29. The fourth-order valence-electron chi connectivity index (χ4n) is 2.74. The van der Waals surface area contributed by atoms with Crippen molar-refractivity contribution in [2.75, 3.05) is 23.9 Å². The summed E-state index contributed by atoms with van der Waals surface area (Å²) in [6.07, 6.45) is 0.205. The van der Waals surface area contributed by atoms with E-state index in [1.165, 1.54) is 0 Å². The van der Waals surface area contributed by atoms with Gasteiger partial charge in [0.15, 0.2) is 0 Å². The zero-order chi connectivity index (χ0) is 17.1. The quantitative estimate of drug-likeness (QED) is 0.872. The van der Waals surface area contributed by atoms with Gasteiger partial charge in [0.25, 0.3) is 0 Å². The molecule has 0 unspecified atom stereocenters. The predicted molar refractivity (Wildman–Crippen MR) is 96.2 cm³/mol. The molecule has 1 saturated heterocycles. The minimum atomic E-state index is -0.383. The first kappa shape index (κ1) is 16.5. The van der Waals surface area contributed by atoms with Gasteiger partial charge in [-0.1, -0.05) is 28.1 Å². The highest BCUT2D eigenvalue weighted by molar-refractivity contribution is 9.10. The van der Waals surface area contributed by atoms with E-state index in [-0.39, 0.29) is 24.2 Å². The van der Waals surface area contributed by atoms with Gasteiger partial charge in [0, 0.05) is 23.1 Å². The first-order valence-electron chi connectivity index (χ1n) is 7.58. The van der Waals surface area contributed by atoms with E-state index in [4.69, 9.17) is 4.74 Å². The van der Waals surface area contributed by atoms with Crippen molar-refractivity contribution in [2.24, 2.45) is 5.92 Å². The number of nitrogens with one attached hydrogen (secondary N) is 1. The van der Waals surface area contributed by atoms with Crippen LogP contribution < -0.4 is 15.0 Å². The number of benzene rings is 2. The molecule has 0 spiro atoms. The molecule has 2 aromatic rings. The van der Waals surface area contributed by atoms with Crippen LogP contribution in [0.1, 0.15) is 6.42 Å². The maximum atomic E-state index is 12.5. The van der Waals surface area contributed by atoms with Crippen molar-refractivity contribution in [2.45, 2.75) is 6.42 Å². The van der Waals surface area contributed by atoms with Crippen LogP contribution >= 0.6 is 15.9 Å². The lowest BCUT2D eigenvalue weighted by atomic mass is 10.1. The Hall–Kier alpha value is -2.34. The fraction of sp³-hybridized carbons (Fsp3) is 0.222. The van der Waals surface area contributed by atoms with E-state index in [9.17, 15) is 9.59 Å². The van der Waals surface area contributed by atoms with E-state index in [0.29, 0.717) is 18.0 Å². The summed E-state index contributed by atoms with van der Waals surface area (Å²) in [6.45, 7) is 0.376. The van der Waals surface area contributed by atoms with Gasteiger partial charge in [0.1, 0.15) is 5.75 Å². The monoisotopic (exact) mass is 388 g/mol. The summed E-state index contributed by atoms with van der Waals surface area (Å²) in [5.74, 6) is -0.00374. The van der Waals surface area contributed by atoms with E-state index >= 15 is 0 Å². The largest absolute Gasteiger partial charge is 0.495 e. The van der Waals surface area contributed by atoms with Crippen LogP contribution in [0, 0.1) is 5.92 Å². The van der Waals surface area contributed by atoms with Crippen molar-refractivity contribution in [1.82, 2.24) is 0 Å². The molecule has 1 atom stereocenters. The van der Waals surface area contributed by atoms with E-state index in [2.05, 4.69) is 21.2 Å². The molecule has 1 heterocycles. The number of methoxy groups -OCH3 is 1. The van der Waals surface area contributed by atoms with Crippen LogP contribution in [0.25, 0.3) is 0 Å². The molecule has 0 aliphatic carbocycles. The topological polar surface area (TPSA) is 58.6 Å². The van der Waals surface area contributed by atoms with Crippen molar-refractivity contribution in [3.63, 3.8) is 0 Å². The van der Waals surface area contributed by atoms with Crippen LogP contribution in [-0.2, 0) is 9.59 Å². The number of amides is 2. The smallest absolute Gasteiger partial charge is 0.229 e. The summed E-state index contributed by atoms with van der Waals surface area (Å²) in [4.78, 5) is 26.4. The molecule has 6 heteroatoms. The number of nitrogens with zero attached hydrogens (tertiary/aromatic N) is 1. The third-order valence-electron chi connectivity index (χ3n) is 4.00. The lowest BCUT2D eigenvalue weighted by Gasteiger charge is -2.17. The molecule has 1 N–H and O–H groups in total. The van der Waals surface area contributed by atoms with Crippen LogP contribution in [0.4, 0.5) is 11.4 Å². The molecule has 24 heavy (non-hydrogen) atoms. The Kier molecular flexibility index (Phi) is 4.85. The minimum Gasteiger partial charge on any atom is -0.495 e. The van der Waals surface area contributed by atoms with E-state index in [1.807, 2.05) is 36.4 Å². The maximum absolute atomic E-state index is 12.5. The summed E-state index contributed by atoms with van der Waals surface area (Å²) in [7, 11) is 1.55. The summed E-state index contributed by atoms with van der Waals surface area (Å²) in [5.41, 5.74) is 1.41. The van der Waals surface area contributed by atoms with E-state index < -0.39 is 0 Å². The molecule has 0 aromatic heterocycles. The zero-order valence-corrected chi connectivity index (χ0v) is 14.7.